The van der Waals surface area contributed by atoms with E-state index in [-0.39, 0.29) is 0 Å². The van der Waals surface area contributed by atoms with Crippen LogP contribution in [0.25, 0.3) is 10.9 Å². The monoisotopic (exact) mass is 212 g/mol. The van der Waals surface area contributed by atoms with Crippen molar-refractivity contribution in [3.05, 3.63) is 35.5 Å². The van der Waals surface area contributed by atoms with Gasteiger partial charge in [0.15, 0.2) is 0 Å². The predicted octanol–water partition coefficient (Wildman–Crippen LogP) is 3.33. The quantitative estimate of drug-likeness (QED) is 0.784. The molecule has 0 radical (unpaired) electrons. The first-order valence-corrected chi connectivity index (χ1v) is 5.91. The second kappa shape index (κ2) is 3.48. The molecule has 1 N–H and O–H groups in total. The van der Waals surface area contributed by atoms with Crippen LogP contribution in [0.15, 0.2) is 24.3 Å². The summed E-state index contributed by atoms with van der Waals surface area (Å²) in [6.07, 6.45) is 1.14. The smallest absolute Gasteiger partial charge is 0.0726 e. The molecular formula is C14H16N2. The Kier molecular flexibility index (Phi) is 2.10. The molecule has 0 unspecified atom stereocenters. The zero-order chi connectivity index (χ0) is 11.1. The molecule has 2 nitrogen and oxygen atoms in total. The lowest BCUT2D eigenvalue weighted by molar-refractivity contribution is 0.830. The molecule has 1 aliphatic heterocycles. The Hall–Kier alpha value is -1.57. The van der Waals surface area contributed by atoms with Crippen LogP contribution in [0.5, 0.6) is 0 Å². The van der Waals surface area contributed by atoms with E-state index in [0.717, 1.165) is 18.5 Å². The van der Waals surface area contributed by atoms with Crippen LogP contribution >= 0.6 is 0 Å². The molecule has 0 spiro atoms. The molecule has 1 aromatic heterocycles. The average molecular weight is 212 g/mol. The average Bonchev–Trinajstić information content (AvgIpc) is 2.71. The van der Waals surface area contributed by atoms with Gasteiger partial charge in [-0.3, -0.25) is 4.98 Å². The summed E-state index contributed by atoms with van der Waals surface area (Å²) in [6.45, 7) is 5.42. The fourth-order valence-corrected chi connectivity index (χ4v) is 2.26. The van der Waals surface area contributed by atoms with E-state index in [0.29, 0.717) is 5.92 Å². The van der Waals surface area contributed by atoms with Crippen LogP contribution in [0.3, 0.4) is 0 Å². The molecule has 3 rings (SSSR count). The number of aromatic nitrogens is 1. The lowest BCUT2D eigenvalue weighted by Gasteiger charge is -2.07. The number of benzene rings is 1. The zero-order valence-corrected chi connectivity index (χ0v) is 9.75. The highest BCUT2D eigenvalue weighted by Gasteiger charge is 2.11. The number of hydrogen-bond acceptors (Lipinski definition) is 2. The molecular weight excluding hydrogens is 196 g/mol. The van der Waals surface area contributed by atoms with Crippen LogP contribution in [-0.2, 0) is 6.42 Å². The first-order chi connectivity index (χ1) is 7.74. The third-order valence-corrected chi connectivity index (χ3v) is 3.24. The molecule has 82 valence electrons. The SMILES string of the molecule is CC(C)c1ccc2cc3c(cc2n1)NCC3. The third-order valence-electron chi connectivity index (χ3n) is 3.24. The van der Waals surface area contributed by atoms with Gasteiger partial charge in [0.05, 0.1) is 5.52 Å². The van der Waals surface area contributed by atoms with Crippen molar-refractivity contribution >= 4 is 16.6 Å². The van der Waals surface area contributed by atoms with Crippen molar-refractivity contribution in [2.45, 2.75) is 26.2 Å². The lowest BCUT2D eigenvalue weighted by atomic mass is 10.1. The predicted molar refractivity (Wildman–Crippen MR) is 68.0 cm³/mol. The van der Waals surface area contributed by atoms with Gasteiger partial charge in [0, 0.05) is 23.3 Å². The van der Waals surface area contributed by atoms with Gasteiger partial charge in [-0.1, -0.05) is 19.9 Å². The molecule has 2 heterocycles. The minimum absolute atomic E-state index is 0.491. The summed E-state index contributed by atoms with van der Waals surface area (Å²) >= 11 is 0. The highest BCUT2D eigenvalue weighted by atomic mass is 14.9. The molecule has 0 bridgehead atoms. The van der Waals surface area contributed by atoms with E-state index < -0.39 is 0 Å². The Morgan fingerprint density at radius 3 is 2.94 bits per heavy atom. The van der Waals surface area contributed by atoms with Gasteiger partial charge in [0.1, 0.15) is 0 Å². The second-order valence-electron chi connectivity index (χ2n) is 4.77. The first kappa shape index (κ1) is 9.64. The molecule has 1 aromatic carbocycles. The maximum Gasteiger partial charge on any atom is 0.0726 e. The standard InChI is InChI=1S/C14H16N2/c1-9(2)12-4-3-10-7-11-5-6-15-13(11)8-14(10)16-12/h3-4,7-9,15H,5-6H2,1-2H3. The Labute approximate surface area is 95.7 Å². The zero-order valence-electron chi connectivity index (χ0n) is 9.75. The van der Waals surface area contributed by atoms with Crippen molar-refractivity contribution in [2.24, 2.45) is 0 Å². The second-order valence-corrected chi connectivity index (χ2v) is 4.77. The summed E-state index contributed by atoms with van der Waals surface area (Å²) in [4.78, 5) is 4.71. The van der Waals surface area contributed by atoms with E-state index >= 15 is 0 Å². The summed E-state index contributed by atoms with van der Waals surface area (Å²) in [5.74, 6) is 0.491. The van der Waals surface area contributed by atoms with Gasteiger partial charge in [-0.2, -0.15) is 0 Å². The fourth-order valence-electron chi connectivity index (χ4n) is 2.26. The minimum atomic E-state index is 0.491. The van der Waals surface area contributed by atoms with E-state index in [1.165, 1.54) is 22.3 Å². The summed E-state index contributed by atoms with van der Waals surface area (Å²) in [7, 11) is 0. The van der Waals surface area contributed by atoms with Crippen LogP contribution < -0.4 is 5.32 Å². The molecule has 0 atom stereocenters. The van der Waals surface area contributed by atoms with Crippen molar-refractivity contribution < 1.29 is 0 Å². The third kappa shape index (κ3) is 1.45. The van der Waals surface area contributed by atoms with Crippen LogP contribution in [0.1, 0.15) is 31.0 Å². The van der Waals surface area contributed by atoms with E-state index in [2.05, 4.69) is 43.4 Å². The van der Waals surface area contributed by atoms with E-state index in [4.69, 9.17) is 4.98 Å². The Morgan fingerprint density at radius 1 is 1.25 bits per heavy atom. The molecule has 1 aliphatic rings. The number of rotatable bonds is 1. The van der Waals surface area contributed by atoms with Crippen molar-refractivity contribution in [1.29, 1.82) is 0 Å². The van der Waals surface area contributed by atoms with E-state index in [1.807, 2.05) is 0 Å². The molecule has 0 aliphatic carbocycles. The maximum atomic E-state index is 4.71. The molecule has 0 saturated heterocycles. The summed E-state index contributed by atoms with van der Waals surface area (Å²) in [5.41, 5.74) is 4.97. The van der Waals surface area contributed by atoms with Crippen LogP contribution in [0, 0.1) is 0 Å². The molecule has 16 heavy (non-hydrogen) atoms. The number of pyridine rings is 1. The van der Waals surface area contributed by atoms with Gasteiger partial charge < -0.3 is 5.32 Å². The molecule has 0 fully saturated rings. The lowest BCUT2D eigenvalue weighted by Crippen LogP contribution is -1.94. The summed E-state index contributed by atoms with van der Waals surface area (Å²) in [6, 6.07) is 8.78. The van der Waals surface area contributed by atoms with Gasteiger partial charge in [-0.15, -0.1) is 0 Å². The van der Waals surface area contributed by atoms with Gasteiger partial charge >= 0.3 is 0 Å². The van der Waals surface area contributed by atoms with Crippen LogP contribution in [0.4, 0.5) is 5.69 Å². The number of nitrogens with one attached hydrogen (secondary N) is 1. The normalized spacial score (nSPS) is 14.2. The molecule has 0 saturated carbocycles. The minimum Gasteiger partial charge on any atom is -0.384 e. The van der Waals surface area contributed by atoms with Gasteiger partial charge in [0.2, 0.25) is 0 Å². The van der Waals surface area contributed by atoms with Crippen molar-refractivity contribution in [3.63, 3.8) is 0 Å². The highest BCUT2D eigenvalue weighted by Crippen LogP contribution is 2.28. The topological polar surface area (TPSA) is 24.9 Å². The van der Waals surface area contributed by atoms with Gasteiger partial charge in [-0.05, 0) is 36.1 Å². The Balaban J connectivity index is 2.20. The Bertz CT molecular complexity index is 544. The summed E-state index contributed by atoms with van der Waals surface area (Å²) < 4.78 is 0. The van der Waals surface area contributed by atoms with Gasteiger partial charge in [0.25, 0.3) is 0 Å². The van der Waals surface area contributed by atoms with Crippen molar-refractivity contribution in [1.82, 2.24) is 4.98 Å². The number of nitrogens with zero attached hydrogens (tertiary/aromatic N) is 1. The van der Waals surface area contributed by atoms with Gasteiger partial charge in [-0.25, -0.2) is 0 Å². The molecule has 2 aromatic rings. The van der Waals surface area contributed by atoms with Crippen LogP contribution in [-0.4, -0.2) is 11.5 Å². The van der Waals surface area contributed by atoms with Crippen molar-refractivity contribution in [3.8, 4) is 0 Å². The Morgan fingerprint density at radius 2 is 2.12 bits per heavy atom. The summed E-state index contributed by atoms with van der Waals surface area (Å²) in [5, 5.41) is 4.66. The fraction of sp³-hybridized carbons (Fsp3) is 0.357. The van der Waals surface area contributed by atoms with Crippen molar-refractivity contribution in [2.75, 3.05) is 11.9 Å². The number of hydrogen-bond donors (Lipinski definition) is 1. The van der Waals surface area contributed by atoms with E-state index in [1.54, 1.807) is 0 Å². The maximum absolute atomic E-state index is 4.71. The largest absolute Gasteiger partial charge is 0.384 e. The van der Waals surface area contributed by atoms with E-state index in [9.17, 15) is 0 Å². The molecule has 0 amide bonds. The first-order valence-electron chi connectivity index (χ1n) is 5.91. The number of anilines is 1. The highest BCUT2D eigenvalue weighted by molar-refractivity contribution is 5.85. The number of fused-ring (bicyclic) bond motifs is 2. The molecule has 2 heteroatoms. The van der Waals surface area contributed by atoms with Crippen LogP contribution in [0.2, 0.25) is 0 Å².